The number of ether oxygens (including phenoxy) is 2. The van der Waals surface area contributed by atoms with E-state index in [1.54, 1.807) is 15.9 Å². The highest BCUT2D eigenvalue weighted by Gasteiger charge is 2.51. The Morgan fingerprint density at radius 2 is 2.03 bits per heavy atom. The molecule has 3 aliphatic rings. The molecule has 2 saturated heterocycles. The Kier molecular flexibility index (Phi) is 10.7. The van der Waals surface area contributed by atoms with E-state index >= 15 is 0 Å². The smallest absolute Gasteiger partial charge is 0.277 e. The Morgan fingerprint density at radius 3 is 2.59 bits per heavy atom. The number of hydrogen-bond donors (Lipinski definition) is 2. The van der Waals surface area contributed by atoms with Crippen LogP contribution in [0.1, 0.15) is 36.0 Å². The minimum atomic E-state index is -3.13. The highest BCUT2D eigenvalue weighted by Crippen LogP contribution is 2.49. The molecular formula is C24H40N5O7PS2. The monoisotopic (exact) mass is 606 g/mol. The zero-order valence-electron chi connectivity index (χ0n) is 23.8. The van der Waals surface area contributed by atoms with Gasteiger partial charge in [0.1, 0.15) is 11.9 Å². The fourth-order valence-electron chi connectivity index (χ4n) is 4.35. The van der Waals surface area contributed by atoms with Crippen molar-refractivity contribution in [3.05, 3.63) is 37.3 Å². The number of thiocarbonyl (C=S) groups is 1. The molecule has 3 aliphatic heterocycles. The highest BCUT2D eigenvalue weighted by atomic mass is 32.2. The topological polar surface area (TPSA) is 122 Å². The second-order valence-corrected chi connectivity index (χ2v) is 13.8. The van der Waals surface area contributed by atoms with Gasteiger partial charge in [-0.15, -0.1) is 6.58 Å². The van der Waals surface area contributed by atoms with Gasteiger partial charge in [-0.2, -0.15) is 5.48 Å². The third kappa shape index (κ3) is 8.20. The van der Waals surface area contributed by atoms with Gasteiger partial charge in [0.05, 0.1) is 17.6 Å². The molecule has 5 atom stereocenters. The van der Waals surface area contributed by atoms with Gasteiger partial charge in [0, 0.05) is 45.4 Å². The molecule has 15 heteroatoms. The summed E-state index contributed by atoms with van der Waals surface area (Å²) >= 11 is 5.61. The van der Waals surface area contributed by atoms with Crippen molar-refractivity contribution in [2.45, 2.75) is 71.2 Å². The summed E-state index contributed by atoms with van der Waals surface area (Å²) in [6, 6.07) is 0.111. The lowest BCUT2D eigenvalue weighted by atomic mass is 10.1. The van der Waals surface area contributed by atoms with Crippen molar-refractivity contribution in [3.8, 4) is 0 Å². The number of rotatable bonds is 11. The SMILES string of the molecule is [2H]C[C@H]1OC(N2C=CC(=O)NC2=C)[C@@H](OC(=S)N2CCS(=O)(=O)CC2)[C@H]1OP(ONCC=C)N(C(C)C)C(C)C. The first-order valence-electron chi connectivity index (χ1n) is 13.4. The molecular weight excluding hydrogens is 565 g/mol. The van der Waals surface area contributed by atoms with Crippen molar-refractivity contribution in [2.24, 2.45) is 0 Å². The van der Waals surface area contributed by atoms with Crippen LogP contribution in [0, 0.1) is 0 Å². The van der Waals surface area contributed by atoms with E-state index in [9.17, 15) is 13.2 Å². The molecule has 220 valence electrons. The molecule has 0 bridgehead atoms. The van der Waals surface area contributed by atoms with E-state index in [1.807, 2.05) is 27.7 Å². The fourth-order valence-corrected chi connectivity index (χ4v) is 7.49. The lowest BCUT2D eigenvalue weighted by Gasteiger charge is -2.39. The quantitative estimate of drug-likeness (QED) is 0.118. The average Bonchev–Trinajstić information content (AvgIpc) is 3.20. The van der Waals surface area contributed by atoms with Crippen LogP contribution in [-0.2, 0) is 33.3 Å². The lowest BCUT2D eigenvalue weighted by Crippen LogP contribution is -2.51. The number of sulfone groups is 1. The van der Waals surface area contributed by atoms with Crippen LogP contribution in [0.2, 0.25) is 0 Å². The van der Waals surface area contributed by atoms with Crippen LogP contribution in [0.5, 0.6) is 0 Å². The molecule has 1 amide bonds. The number of nitrogens with zero attached hydrogens (tertiary/aromatic N) is 3. The summed E-state index contributed by atoms with van der Waals surface area (Å²) in [6.45, 7) is 16.4. The first-order chi connectivity index (χ1) is 18.9. The number of carbonyl (C=O) groups is 1. The van der Waals surface area contributed by atoms with Crippen LogP contribution in [0.4, 0.5) is 0 Å². The number of carbonyl (C=O) groups excluding carboxylic acids is 1. The summed E-state index contributed by atoms with van der Waals surface area (Å²) in [4.78, 5) is 15.2. The van der Waals surface area contributed by atoms with E-state index in [2.05, 4.69) is 28.6 Å². The van der Waals surface area contributed by atoms with Gasteiger partial charge in [-0.25, -0.2) is 17.7 Å². The second kappa shape index (κ2) is 13.8. The van der Waals surface area contributed by atoms with Gasteiger partial charge in [-0.1, -0.05) is 12.7 Å². The summed E-state index contributed by atoms with van der Waals surface area (Å²) in [7, 11) is -4.85. The minimum Gasteiger partial charge on any atom is -0.460 e. The Bertz CT molecular complexity index is 1060. The summed E-state index contributed by atoms with van der Waals surface area (Å²) in [6.07, 6.45) is 1.23. The van der Waals surface area contributed by atoms with Gasteiger partial charge in [-0.3, -0.25) is 4.79 Å². The Morgan fingerprint density at radius 1 is 1.36 bits per heavy atom. The molecule has 0 radical (unpaired) electrons. The van der Waals surface area contributed by atoms with Gasteiger partial charge in [0.2, 0.25) is 0 Å². The summed E-state index contributed by atoms with van der Waals surface area (Å²) in [5.74, 6) is -0.122. The predicted molar refractivity (Wildman–Crippen MR) is 153 cm³/mol. The zero-order chi connectivity index (χ0) is 29.6. The predicted octanol–water partition coefficient (Wildman–Crippen LogP) is 1.99. The molecule has 0 aromatic carbocycles. The lowest BCUT2D eigenvalue weighted by molar-refractivity contribution is -0.118. The fraction of sp³-hybridized carbons (Fsp3) is 0.667. The molecule has 0 aromatic heterocycles. The number of amides is 1. The van der Waals surface area contributed by atoms with Crippen molar-refractivity contribution in [3.63, 3.8) is 0 Å². The van der Waals surface area contributed by atoms with E-state index in [-0.39, 0.29) is 60.5 Å². The molecule has 3 rings (SSSR count). The molecule has 0 aromatic rings. The first kappa shape index (κ1) is 30.3. The van der Waals surface area contributed by atoms with E-state index in [0.29, 0.717) is 6.54 Å². The average molecular weight is 607 g/mol. The molecule has 39 heavy (non-hydrogen) atoms. The van der Waals surface area contributed by atoms with Crippen molar-refractivity contribution in [1.82, 2.24) is 25.3 Å². The highest BCUT2D eigenvalue weighted by molar-refractivity contribution is 7.91. The molecule has 0 aliphatic carbocycles. The van der Waals surface area contributed by atoms with Gasteiger partial charge < -0.3 is 29.1 Å². The van der Waals surface area contributed by atoms with Crippen LogP contribution in [0.3, 0.4) is 0 Å². The third-order valence-corrected chi connectivity index (χ3v) is 10.2. The van der Waals surface area contributed by atoms with Gasteiger partial charge in [0.15, 0.2) is 22.2 Å². The van der Waals surface area contributed by atoms with E-state index < -0.39 is 42.9 Å². The summed E-state index contributed by atoms with van der Waals surface area (Å²) in [5.41, 5.74) is 2.88. The summed E-state index contributed by atoms with van der Waals surface area (Å²) < 4.78 is 59.5. The van der Waals surface area contributed by atoms with E-state index in [0.717, 1.165) is 0 Å². The van der Waals surface area contributed by atoms with Crippen LogP contribution < -0.4 is 10.8 Å². The van der Waals surface area contributed by atoms with Crippen LogP contribution in [0.15, 0.2) is 37.3 Å². The maximum Gasteiger partial charge on any atom is 0.277 e. The number of hydroxylamine groups is 1. The molecule has 2 unspecified atom stereocenters. The largest absolute Gasteiger partial charge is 0.460 e. The standard InChI is InChI=1S/C24H40N5O7PS2/c1-8-10-25-36-37(29(16(2)3)17(4)5)35-21-18(6)33-23(28-11-9-20(30)26-19(28)7)22(21)34-24(38)27-12-14-39(31,32)15-13-27/h8-9,11,16-18,21-23,25H,1,7,10,12-15H2,2-6H3,(H,26,30)/t18-,21+,22+,23?,37?/m1/s1/i6D. The first-order valence-corrected chi connectivity index (χ1v) is 16.1. The molecule has 2 fully saturated rings. The molecule has 0 saturated carbocycles. The molecule has 12 nitrogen and oxygen atoms in total. The molecule has 0 spiro atoms. The molecule has 2 N–H and O–H groups in total. The number of hydrogen-bond acceptors (Lipinski definition) is 11. The van der Waals surface area contributed by atoms with Gasteiger partial charge >= 0.3 is 0 Å². The van der Waals surface area contributed by atoms with Gasteiger partial charge in [-0.05, 0) is 46.8 Å². The third-order valence-electron chi connectivity index (χ3n) is 6.19. The van der Waals surface area contributed by atoms with Crippen LogP contribution in [0.25, 0.3) is 0 Å². The van der Waals surface area contributed by atoms with Crippen molar-refractivity contribution < 1.29 is 33.2 Å². The maximum absolute atomic E-state index is 12.0. The van der Waals surface area contributed by atoms with E-state index in [4.69, 9.17) is 32.2 Å². The molecule has 3 heterocycles. The zero-order valence-corrected chi connectivity index (χ0v) is 25.3. The second-order valence-electron chi connectivity index (χ2n) is 9.82. The van der Waals surface area contributed by atoms with Crippen molar-refractivity contribution in [1.29, 1.82) is 0 Å². The van der Waals surface area contributed by atoms with Crippen LogP contribution in [-0.4, -0.2) is 102 Å². The Hall–Kier alpha value is -1.64. The maximum atomic E-state index is 12.0. The van der Waals surface area contributed by atoms with Gasteiger partial charge in [0.25, 0.3) is 19.6 Å². The summed E-state index contributed by atoms with van der Waals surface area (Å²) in [5, 5.41) is 2.75. The van der Waals surface area contributed by atoms with Crippen molar-refractivity contribution in [2.75, 3.05) is 31.1 Å². The Balaban J connectivity index is 1.94. The van der Waals surface area contributed by atoms with Crippen molar-refractivity contribution >= 4 is 41.7 Å². The normalized spacial score (nSPS) is 28.1. The van der Waals surface area contributed by atoms with Crippen LogP contribution >= 0.6 is 20.7 Å². The minimum absolute atomic E-state index is 0.0279. The number of nitrogens with one attached hydrogen (secondary N) is 2. The van der Waals surface area contributed by atoms with E-state index in [1.165, 1.54) is 12.3 Å². The Labute approximate surface area is 239 Å².